The van der Waals surface area contributed by atoms with E-state index in [2.05, 4.69) is 15.1 Å². The molecular formula is C29H24FN3O2. The van der Waals surface area contributed by atoms with E-state index in [0.29, 0.717) is 23.4 Å². The van der Waals surface area contributed by atoms with E-state index in [1.165, 1.54) is 13.2 Å². The number of methoxy groups -OCH3 is 1. The van der Waals surface area contributed by atoms with E-state index in [1.807, 2.05) is 67.6 Å². The number of nitrogens with one attached hydrogen (secondary N) is 1. The zero-order valence-corrected chi connectivity index (χ0v) is 19.5. The molecule has 5 nitrogen and oxygen atoms in total. The van der Waals surface area contributed by atoms with Crippen LogP contribution in [0.3, 0.4) is 0 Å². The van der Waals surface area contributed by atoms with Crippen molar-refractivity contribution in [3.63, 3.8) is 0 Å². The van der Waals surface area contributed by atoms with Crippen molar-refractivity contribution in [1.29, 1.82) is 0 Å². The molecule has 0 aliphatic carbocycles. The lowest BCUT2D eigenvalue weighted by Gasteiger charge is -2.10. The Morgan fingerprint density at radius 1 is 1.00 bits per heavy atom. The van der Waals surface area contributed by atoms with Gasteiger partial charge in [-0.05, 0) is 42.0 Å². The zero-order valence-electron chi connectivity index (χ0n) is 19.5. The molecule has 4 aromatic carbocycles. The minimum atomic E-state index is -0.364. The first-order chi connectivity index (χ1) is 17.1. The summed E-state index contributed by atoms with van der Waals surface area (Å²) in [4.78, 5) is 12.9. The van der Waals surface area contributed by atoms with Crippen LogP contribution in [-0.4, -0.2) is 23.8 Å². The second-order valence-corrected chi connectivity index (χ2v) is 8.29. The fraction of sp³-hybridized carbons (Fsp3) is 0.103. The highest BCUT2D eigenvalue weighted by Crippen LogP contribution is 2.27. The lowest BCUT2D eigenvalue weighted by molar-refractivity contribution is 0.0952. The normalized spacial score (nSPS) is 11.4. The summed E-state index contributed by atoms with van der Waals surface area (Å²) in [6.07, 6.45) is 1.64. The summed E-state index contributed by atoms with van der Waals surface area (Å²) < 4.78 is 21.8. The van der Waals surface area contributed by atoms with Crippen molar-refractivity contribution in [2.24, 2.45) is 5.10 Å². The molecule has 1 heterocycles. The van der Waals surface area contributed by atoms with Gasteiger partial charge in [0.2, 0.25) is 0 Å². The second kappa shape index (κ2) is 9.43. The Morgan fingerprint density at radius 2 is 1.69 bits per heavy atom. The zero-order chi connectivity index (χ0) is 24.4. The molecule has 0 spiro atoms. The third-order valence-electron chi connectivity index (χ3n) is 6.24. The number of ether oxygens (including phenoxy) is 1. The minimum absolute atomic E-state index is 0.239. The van der Waals surface area contributed by atoms with Crippen LogP contribution < -0.4 is 10.2 Å². The van der Waals surface area contributed by atoms with E-state index in [9.17, 15) is 9.18 Å². The number of fused-ring (bicyclic) bond motifs is 2. The van der Waals surface area contributed by atoms with Crippen molar-refractivity contribution in [1.82, 2.24) is 9.99 Å². The van der Waals surface area contributed by atoms with Gasteiger partial charge in [0.1, 0.15) is 11.6 Å². The van der Waals surface area contributed by atoms with Crippen LogP contribution in [0.15, 0.2) is 90.0 Å². The molecule has 35 heavy (non-hydrogen) atoms. The maximum atomic E-state index is 14.3. The Kier molecular flexibility index (Phi) is 6.02. The summed E-state index contributed by atoms with van der Waals surface area (Å²) in [7, 11) is 1.54. The highest BCUT2D eigenvalue weighted by atomic mass is 19.1. The summed E-state index contributed by atoms with van der Waals surface area (Å²) in [5.41, 5.74) is 6.40. The Bertz CT molecular complexity index is 1590. The van der Waals surface area contributed by atoms with Gasteiger partial charge in [-0.2, -0.15) is 5.10 Å². The van der Waals surface area contributed by atoms with Crippen molar-refractivity contribution < 1.29 is 13.9 Å². The van der Waals surface area contributed by atoms with Crippen molar-refractivity contribution in [3.8, 4) is 5.75 Å². The molecule has 1 N–H and O–H groups in total. The number of para-hydroxylation sites is 1. The first kappa shape index (κ1) is 22.3. The van der Waals surface area contributed by atoms with Gasteiger partial charge in [-0.25, -0.2) is 9.82 Å². The highest BCUT2D eigenvalue weighted by molar-refractivity contribution is 6.04. The molecule has 0 aliphatic heterocycles. The predicted octanol–water partition coefficient (Wildman–Crippen LogP) is 6.06. The molecule has 5 aromatic rings. The van der Waals surface area contributed by atoms with Crippen molar-refractivity contribution >= 4 is 33.8 Å². The molecule has 1 amide bonds. The number of hydrogen-bond donors (Lipinski definition) is 1. The van der Waals surface area contributed by atoms with Crippen LogP contribution in [0, 0.1) is 12.7 Å². The smallest absolute Gasteiger partial charge is 0.275 e. The van der Waals surface area contributed by atoms with Crippen LogP contribution in [0.5, 0.6) is 5.75 Å². The number of nitrogens with zero attached hydrogens (tertiary/aromatic N) is 2. The van der Waals surface area contributed by atoms with E-state index < -0.39 is 0 Å². The summed E-state index contributed by atoms with van der Waals surface area (Å²) >= 11 is 0. The van der Waals surface area contributed by atoms with Crippen LogP contribution in [-0.2, 0) is 6.54 Å². The summed E-state index contributed by atoms with van der Waals surface area (Å²) in [6.45, 7) is 2.36. The van der Waals surface area contributed by atoms with E-state index in [-0.39, 0.29) is 11.7 Å². The van der Waals surface area contributed by atoms with Crippen LogP contribution in [0.4, 0.5) is 4.39 Å². The van der Waals surface area contributed by atoms with Crippen molar-refractivity contribution in [2.45, 2.75) is 13.5 Å². The van der Waals surface area contributed by atoms with Crippen LogP contribution in [0.1, 0.15) is 27.2 Å². The van der Waals surface area contributed by atoms with Gasteiger partial charge in [0, 0.05) is 27.7 Å². The molecule has 5 rings (SSSR count). The Balaban J connectivity index is 1.45. The van der Waals surface area contributed by atoms with Gasteiger partial charge < -0.3 is 9.30 Å². The number of hydrogen-bond acceptors (Lipinski definition) is 3. The number of carbonyl (C=O) groups excluding carboxylic acids is 1. The third-order valence-corrected chi connectivity index (χ3v) is 6.24. The Morgan fingerprint density at radius 3 is 2.46 bits per heavy atom. The van der Waals surface area contributed by atoms with Crippen LogP contribution >= 0.6 is 0 Å². The van der Waals surface area contributed by atoms with Gasteiger partial charge in [-0.15, -0.1) is 0 Å². The maximum absolute atomic E-state index is 14.3. The quantitative estimate of drug-likeness (QED) is 0.245. The molecule has 0 unspecified atom stereocenters. The minimum Gasteiger partial charge on any atom is -0.496 e. The number of halogens is 1. The third kappa shape index (κ3) is 4.26. The maximum Gasteiger partial charge on any atom is 0.275 e. The number of rotatable bonds is 6. The molecule has 0 aliphatic rings. The SMILES string of the molecule is COc1cc2ccccc2cc1C(=O)N/N=C\c1c(C)n(Cc2ccccc2F)c2ccccc12. The highest BCUT2D eigenvalue weighted by Gasteiger charge is 2.16. The first-order valence-electron chi connectivity index (χ1n) is 11.3. The second-order valence-electron chi connectivity index (χ2n) is 8.29. The van der Waals surface area contributed by atoms with Gasteiger partial charge in [-0.1, -0.05) is 60.7 Å². The topological polar surface area (TPSA) is 55.6 Å². The van der Waals surface area contributed by atoms with E-state index in [4.69, 9.17) is 4.74 Å². The first-order valence-corrected chi connectivity index (χ1v) is 11.3. The fourth-order valence-corrected chi connectivity index (χ4v) is 4.40. The monoisotopic (exact) mass is 465 g/mol. The van der Waals surface area contributed by atoms with Crippen LogP contribution in [0.25, 0.3) is 21.7 Å². The van der Waals surface area contributed by atoms with Gasteiger partial charge >= 0.3 is 0 Å². The molecule has 174 valence electrons. The van der Waals surface area contributed by atoms with Gasteiger partial charge in [0.05, 0.1) is 25.4 Å². The standard InChI is InChI=1S/C29H24FN3O2/c1-19-25(23-12-6-8-14-27(23)33(19)18-22-11-5-7-13-26(22)30)17-31-32-29(34)24-15-20-9-3-4-10-21(20)16-28(24)35-2/h3-17H,18H2,1-2H3,(H,32,34)/b31-17-. The molecular weight excluding hydrogens is 441 g/mol. The van der Waals surface area contributed by atoms with E-state index in [1.54, 1.807) is 24.4 Å². The van der Waals surface area contributed by atoms with Gasteiger partial charge in [0.25, 0.3) is 5.91 Å². The molecule has 0 saturated heterocycles. The number of carbonyl (C=O) groups is 1. The lowest BCUT2D eigenvalue weighted by Crippen LogP contribution is -2.18. The Labute approximate surface area is 202 Å². The number of hydrazone groups is 1. The Hall–Kier alpha value is -4.45. The summed E-state index contributed by atoms with van der Waals surface area (Å²) in [6, 6.07) is 26.1. The van der Waals surface area contributed by atoms with Crippen LogP contribution in [0.2, 0.25) is 0 Å². The molecule has 1 aromatic heterocycles. The van der Waals surface area contributed by atoms with E-state index in [0.717, 1.165) is 32.9 Å². The fourth-order valence-electron chi connectivity index (χ4n) is 4.40. The number of aromatic nitrogens is 1. The molecule has 0 atom stereocenters. The largest absolute Gasteiger partial charge is 0.496 e. The molecule has 6 heteroatoms. The van der Waals surface area contributed by atoms with Gasteiger partial charge in [-0.3, -0.25) is 4.79 Å². The molecule has 0 bridgehead atoms. The molecule has 0 saturated carbocycles. The lowest BCUT2D eigenvalue weighted by atomic mass is 10.1. The molecule has 0 radical (unpaired) electrons. The van der Waals surface area contributed by atoms with E-state index >= 15 is 0 Å². The van der Waals surface area contributed by atoms with Crippen molar-refractivity contribution in [3.05, 3.63) is 113 Å². The summed E-state index contributed by atoms with van der Waals surface area (Å²) in [5.74, 6) is -0.123. The van der Waals surface area contributed by atoms with Gasteiger partial charge in [0.15, 0.2) is 0 Å². The van der Waals surface area contributed by atoms with Crippen molar-refractivity contribution in [2.75, 3.05) is 7.11 Å². The summed E-state index contributed by atoms with van der Waals surface area (Å²) in [5, 5.41) is 7.16. The number of benzene rings is 4. The predicted molar refractivity (Wildman–Crippen MR) is 138 cm³/mol. The average molecular weight is 466 g/mol. The number of amides is 1. The molecule has 0 fully saturated rings. The average Bonchev–Trinajstić information content (AvgIpc) is 3.15.